The summed E-state index contributed by atoms with van der Waals surface area (Å²) in [5.41, 5.74) is 2.24. The van der Waals surface area contributed by atoms with Gasteiger partial charge >= 0.3 is 0 Å². The highest BCUT2D eigenvalue weighted by molar-refractivity contribution is 5.99. The number of benzene rings is 1. The maximum atomic E-state index is 15.3. The topological polar surface area (TPSA) is 67.3 Å². The third-order valence-corrected chi connectivity index (χ3v) is 6.27. The molecule has 2 aromatic heterocycles. The largest absolute Gasteiger partial charge is 0.495 e. The molecule has 8 heteroatoms. The van der Waals surface area contributed by atoms with Crippen LogP contribution in [0.3, 0.4) is 0 Å². The molecular weight excluding hydrogens is 450 g/mol. The second kappa shape index (κ2) is 9.24. The molecule has 0 saturated carbocycles. The smallest absolute Gasteiger partial charge is 0.254 e. The molecule has 0 aliphatic carbocycles. The Labute approximate surface area is 204 Å². The second-order valence-corrected chi connectivity index (χ2v) is 9.72. The minimum atomic E-state index is -0.586. The number of methoxy groups -OCH3 is 1. The fourth-order valence-corrected chi connectivity index (χ4v) is 4.34. The van der Waals surface area contributed by atoms with Gasteiger partial charge in [0.2, 0.25) is 0 Å². The van der Waals surface area contributed by atoms with Crippen molar-refractivity contribution in [1.29, 1.82) is 0 Å². The Bertz CT molecular complexity index is 1290. The van der Waals surface area contributed by atoms with Crippen LogP contribution in [0.15, 0.2) is 36.5 Å². The Morgan fingerprint density at radius 2 is 1.89 bits per heavy atom. The first kappa shape index (κ1) is 24.6. The maximum Gasteiger partial charge on any atom is 0.254 e. The van der Waals surface area contributed by atoms with E-state index in [0.717, 1.165) is 5.56 Å². The highest BCUT2D eigenvalue weighted by Gasteiger charge is 2.30. The fraction of sp³-hybridized carbons (Fsp3) is 0.370. The number of anilines is 1. The summed E-state index contributed by atoms with van der Waals surface area (Å²) in [7, 11) is 1.56. The number of carbonyl (C=O) groups excluding carboxylic acids is 1. The van der Waals surface area contributed by atoms with Crippen LogP contribution in [0.25, 0.3) is 11.3 Å². The number of aromatic nitrogens is 2. The SMILES string of the molecule is CCN1Cc2c(ccnc2NC(C)c2cc(F)c(-c3ccc(OC)c(C(C)(C)C)n3)cc2F)C1=O. The summed E-state index contributed by atoms with van der Waals surface area (Å²) in [4.78, 5) is 23.1. The predicted octanol–water partition coefficient (Wildman–Crippen LogP) is 5.88. The maximum absolute atomic E-state index is 15.3. The molecule has 4 rings (SSSR count). The van der Waals surface area contributed by atoms with Gasteiger partial charge in [-0.25, -0.2) is 18.7 Å². The predicted molar refractivity (Wildman–Crippen MR) is 132 cm³/mol. The van der Waals surface area contributed by atoms with E-state index in [2.05, 4.69) is 15.3 Å². The van der Waals surface area contributed by atoms with E-state index in [1.54, 1.807) is 43.3 Å². The standard InChI is InChI=1S/C27H30F2N4O2/c1-7-33-14-19-16(26(33)34)10-11-30-25(19)31-15(2)17-12-21(29)18(13-20(17)28)22-8-9-23(35-6)24(32-22)27(3,4)5/h8-13,15H,7,14H2,1-6H3,(H,30,31). The van der Waals surface area contributed by atoms with E-state index in [9.17, 15) is 4.79 Å². The summed E-state index contributed by atoms with van der Waals surface area (Å²) in [6, 6.07) is 6.82. The first-order valence-electron chi connectivity index (χ1n) is 11.6. The summed E-state index contributed by atoms with van der Waals surface area (Å²) < 4.78 is 35.9. The highest BCUT2D eigenvalue weighted by atomic mass is 19.1. The van der Waals surface area contributed by atoms with Crippen molar-refractivity contribution in [3.63, 3.8) is 0 Å². The van der Waals surface area contributed by atoms with Crippen LogP contribution in [0.4, 0.5) is 14.6 Å². The van der Waals surface area contributed by atoms with Crippen LogP contribution >= 0.6 is 0 Å². The molecule has 1 N–H and O–H groups in total. The Morgan fingerprint density at radius 1 is 1.14 bits per heavy atom. The molecule has 6 nitrogen and oxygen atoms in total. The molecule has 1 unspecified atom stereocenters. The van der Waals surface area contributed by atoms with Crippen molar-refractivity contribution >= 4 is 11.7 Å². The van der Waals surface area contributed by atoms with Crippen molar-refractivity contribution in [1.82, 2.24) is 14.9 Å². The molecular formula is C27H30F2N4O2. The highest BCUT2D eigenvalue weighted by Crippen LogP contribution is 2.35. The van der Waals surface area contributed by atoms with Gasteiger partial charge in [0.15, 0.2) is 0 Å². The molecule has 3 heterocycles. The van der Waals surface area contributed by atoms with Gasteiger partial charge in [0, 0.05) is 40.4 Å². The second-order valence-electron chi connectivity index (χ2n) is 9.72. The monoisotopic (exact) mass is 480 g/mol. The molecule has 1 aromatic carbocycles. The average Bonchev–Trinajstić information content (AvgIpc) is 3.16. The summed E-state index contributed by atoms with van der Waals surface area (Å²) in [6.45, 7) is 10.6. The number of fused-ring (bicyclic) bond motifs is 1. The molecule has 0 bridgehead atoms. The number of amides is 1. The number of rotatable bonds is 6. The van der Waals surface area contributed by atoms with E-state index in [-0.39, 0.29) is 22.4 Å². The zero-order valence-electron chi connectivity index (χ0n) is 20.9. The van der Waals surface area contributed by atoms with Gasteiger partial charge in [-0.2, -0.15) is 0 Å². The number of nitrogens with one attached hydrogen (secondary N) is 1. The van der Waals surface area contributed by atoms with Crippen molar-refractivity contribution < 1.29 is 18.3 Å². The van der Waals surface area contributed by atoms with Crippen molar-refractivity contribution in [3.8, 4) is 17.0 Å². The lowest BCUT2D eigenvalue weighted by Gasteiger charge is -2.22. The Kier molecular flexibility index (Phi) is 6.49. The molecule has 1 atom stereocenters. The summed E-state index contributed by atoms with van der Waals surface area (Å²) in [6.07, 6.45) is 1.55. The number of hydrogen-bond acceptors (Lipinski definition) is 5. The zero-order valence-corrected chi connectivity index (χ0v) is 20.9. The fourth-order valence-electron chi connectivity index (χ4n) is 4.34. The number of hydrogen-bond donors (Lipinski definition) is 1. The van der Waals surface area contributed by atoms with Crippen LogP contribution in [0.1, 0.15) is 67.8 Å². The van der Waals surface area contributed by atoms with Crippen molar-refractivity contribution in [2.24, 2.45) is 0 Å². The molecule has 0 saturated heterocycles. The van der Waals surface area contributed by atoms with E-state index in [1.807, 2.05) is 27.7 Å². The molecule has 184 valence electrons. The lowest BCUT2D eigenvalue weighted by Crippen LogP contribution is -2.22. The van der Waals surface area contributed by atoms with E-state index >= 15 is 8.78 Å². The number of ether oxygens (including phenoxy) is 1. The molecule has 0 radical (unpaired) electrons. The quantitative estimate of drug-likeness (QED) is 0.477. The van der Waals surface area contributed by atoms with Crippen molar-refractivity contribution in [3.05, 3.63) is 70.5 Å². The number of carbonyl (C=O) groups is 1. The van der Waals surface area contributed by atoms with Crippen molar-refractivity contribution in [2.75, 3.05) is 19.0 Å². The van der Waals surface area contributed by atoms with Gasteiger partial charge in [-0.15, -0.1) is 0 Å². The number of nitrogens with zero attached hydrogens (tertiary/aromatic N) is 3. The Morgan fingerprint density at radius 3 is 2.54 bits per heavy atom. The zero-order chi connectivity index (χ0) is 25.5. The molecule has 0 spiro atoms. The van der Waals surface area contributed by atoms with E-state index in [0.29, 0.717) is 41.6 Å². The molecule has 35 heavy (non-hydrogen) atoms. The van der Waals surface area contributed by atoms with Crippen LogP contribution < -0.4 is 10.1 Å². The third-order valence-electron chi connectivity index (χ3n) is 6.27. The van der Waals surface area contributed by atoms with Gasteiger partial charge in [0.25, 0.3) is 5.91 Å². The molecule has 0 fully saturated rings. The van der Waals surface area contributed by atoms with E-state index < -0.39 is 17.7 Å². The lowest BCUT2D eigenvalue weighted by atomic mass is 9.90. The van der Waals surface area contributed by atoms with Crippen LogP contribution in [0, 0.1) is 11.6 Å². The molecule has 3 aromatic rings. The Hall–Kier alpha value is -3.55. The van der Waals surface area contributed by atoms with Gasteiger partial charge in [-0.05, 0) is 44.2 Å². The van der Waals surface area contributed by atoms with Gasteiger partial charge in [0.05, 0.1) is 31.1 Å². The minimum absolute atomic E-state index is 0.0520. The Balaban J connectivity index is 1.65. The van der Waals surface area contributed by atoms with Crippen LogP contribution in [0.5, 0.6) is 5.75 Å². The average molecular weight is 481 g/mol. The first-order valence-corrected chi connectivity index (χ1v) is 11.6. The van der Waals surface area contributed by atoms with Gasteiger partial charge in [0.1, 0.15) is 23.2 Å². The minimum Gasteiger partial charge on any atom is -0.495 e. The molecule has 1 aliphatic heterocycles. The first-order chi connectivity index (χ1) is 16.5. The van der Waals surface area contributed by atoms with Gasteiger partial charge < -0.3 is 15.0 Å². The van der Waals surface area contributed by atoms with Gasteiger partial charge in [-0.3, -0.25) is 4.79 Å². The number of halogens is 2. The van der Waals surface area contributed by atoms with Crippen LogP contribution in [-0.2, 0) is 12.0 Å². The van der Waals surface area contributed by atoms with Crippen molar-refractivity contribution in [2.45, 2.75) is 52.6 Å². The number of pyridine rings is 2. The normalized spacial score (nSPS) is 14.2. The van der Waals surface area contributed by atoms with Crippen LogP contribution in [0.2, 0.25) is 0 Å². The third kappa shape index (κ3) is 4.57. The molecule has 1 amide bonds. The molecule has 1 aliphatic rings. The van der Waals surface area contributed by atoms with Gasteiger partial charge in [-0.1, -0.05) is 20.8 Å². The lowest BCUT2D eigenvalue weighted by molar-refractivity contribution is 0.0787. The summed E-state index contributed by atoms with van der Waals surface area (Å²) in [5, 5.41) is 3.17. The summed E-state index contributed by atoms with van der Waals surface area (Å²) >= 11 is 0. The van der Waals surface area contributed by atoms with E-state index in [4.69, 9.17) is 4.74 Å². The summed E-state index contributed by atoms with van der Waals surface area (Å²) in [5.74, 6) is -0.0977. The van der Waals surface area contributed by atoms with E-state index in [1.165, 1.54) is 12.1 Å². The van der Waals surface area contributed by atoms with Crippen LogP contribution in [-0.4, -0.2) is 34.4 Å².